The molecule has 0 fully saturated rings. The fourth-order valence-corrected chi connectivity index (χ4v) is 3.41. The Kier molecular flexibility index (Phi) is 6.39. The number of hydrogen-bond donors (Lipinski definition) is 3. The number of rotatable bonds is 7. The van der Waals surface area contributed by atoms with Crippen LogP contribution in [0.3, 0.4) is 0 Å². The second kappa shape index (κ2) is 8.98. The quantitative estimate of drug-likeness (QED) is 0.576. The van der Waals surface area contributed by atoms with Gasteiger partial charge in [0.15, 0.2) is 6.61 Å². The van der Waals surface area contributed by atoms with E-state index in [-0.39, 0.29) is 12.2 Å². The zero-order chi connectivity index (χ0) is 21.8. The van der Waals surface area contributed by atoms with Crippen LogP contribution in [0.4, 0.5) is 0 Å². The maximum absolute atomic E-state index is 12.2. The van der Waals surface area contributed by atoms with Crippen molar-refractivity contribution in [3.63, 3.8) is 0 Å². The molecule has 3 rings (SSSR count). The summed E-state index contributed by atoms with van der Waals surface area (Å²) in [6.07, 6.45) is 3.57. The minimum Gasteiger partial charge on any atom is -0.484 e. The molecule has 2 atom stereocenters. The van der Waals surface area contributed by atoms with Crippen molar-refractivity contribution in [2.75, 3.05) is 6.61 Å². The molecule has 0 aliphatic heterocycles. The summed E-state index contributed by atoms with van der Waals surface area (Å²) in [5.74, 6) is -1.98. The van der Waals surface area contributed by atoms with Crippen LogP contribution in [-0.4, -0.2) is 41.6 Å². The highest BCUT2D eigenvalue weighted by Crippen LogP contribution is 2.29. The lowest BCUT2D eigenvalue weighted by atomic mass is 9.91. The predicted octanol–water partition coefficient (Wildman–Crippen LogP) is 1.14. The lowest BCUT2D eigenvalue weighted by Crippen LogP contribution is -2.50. The van der Waals surface area contributed by atoms with E-state index >= 15 is 0 Å². The first-order chi connectivity index (χ1) is 14.3. The lowest BCUT2D eigenvalue weighted by Gasteiger charge is -2.17. The van der Waals surface area contributed by atoms with E-state index in [1.807, 2.05) is 6.07 Å². The Balaban J connectivity index is 1.61. The van der Waals surface area contributed by atoms with Crippen molar-refractivity contribution < 1.29 is 28.6 Å². The van der Waals surface area contributed by atoms with E-state index in [9.17, 15) is 19.2 Å². The molecule has 30 heavy (non-hydrogen) atoms. The van der Waals surface area contributed by atoms with E-state index in [1.54, 1.807) is 12.1 Å². The summed E-state index contributed by atoms with van der Waals surface area (Å²) >= 11 is 0. The summed E-state index contributed by atoms with van der Waals surface area (Å²) < 4.78 is 10.9. The Morgan fingerprint density at radius 3 is 2.50 bits per heavy atom. The molecule has 1 aliphatic rings. The monoisotopic (exact) mass is 416 g/mol. The number of aryl methyl sites for hydroxylation is 1. The zero-order valence-corrected chi connectivity index (χ0v) is 16.8. The number of aliphatic carboxylic acids is 1. The molecule has 0 bridgehead atoms. The molecule has 0 saturated heterocycles. The van der Waals surface area contributed by atoms with Crippen LogP contribution in [0.1, 0.15) is 37.8 Å². The van der Waals surface area contributed by atoms with Gasteiger partial charge in [-0.25, -0.2) is 4.79 Å². The Bertz CT molecular complexity index is 1040. The van der Waals surface area contributed by atoms with Gasteiger partial charge in [-0.15, -0.1) is 0 Å². The second-order valence-corrected chi connectivity index (χ2v) is 7.36. The van der Waals surface area contributed by atoms with Crippen LogP contribution in [0, 0.1) is 0 Å². The number of carboxylic acid groups (broad SMARTS) is 1. The standard InChI is InChI=1S/C21H24N2O7/c1-11(19(25)23-12(2)20(26)27)22-18(24)10-29-13-7-8-15-14-5-3-4-6-16(14)21(28)30-17(15)9-13/h7-9,11-12H,3-6,10H2,1-2H3,(H,22,24)(H,23,25)(H,26,27)/t11-,12+/m0/s1. The molecular weight excluding hydrogens is 392 g/mol. The van der Waals surface area contributed by atoms with Crippen LogP contribution in [0.2, 0.25) is 0 Å². The molecule has 3 N–H and O–H groups in total. The van der Waals surface area contributed by atoms with Gasteiger partial charge in [0.25, 0.3) is 5.91 Å². The number of carboxylic acids is 1. The zero-order valence-electron chi connectivity index (χ0n) is 16.8. The molecule has 9 heteroatoms. The Labute approximate surface area is 172 Å². The van der Waals surface area contributed by atoms with Gasteiger partial charge in [0, 0.05) is 17.0 Å². The van der Waals surface area contributed by atoms with Crippen LogP contribution in [0.25, 0.3) is 11.0 Å². The molecule has 160 valence electrons. The Morgan fingerprint density at radius 2 is 1.80 bits per heavy atom. The third-order valence-corrected chi connectivity index (χ3v) is 5.06. The Hall–Kier alpha value is -3.36. The minimum absolute atomic E-state index is 0.331. The van der Waals surface area contributed by atoms with Crippen molar-refractivity contribution in [3.05, 3.63) is 39.7 Å². The van der Waals surface area contributed by atoms with E-state index in [2.05, 4.69) is 10.6 Å². The van der Waals surface area contributed by atoms with Gasteiger partial charge in [-0.05, 0) is 57.2 Å². The van der Waals surface area contributed by atoms with E-state index in [4.69, 9.17) is 14.3 Å². The van der Waals surface area contributed by atoms with Gasteiger partial charge in [-0.1, -0.05) is 0 Å². The normalized spacial score (nSPS) is 15.0. The number of ether oxygens (including phenoxy) is 1. The maximum atomic E-state index is 12.2. The molecule has 2 aromatic rings. The number of nitrogens with one attached hydrogen (secondary N) is 2. The van der Waals surface area contributed by atoms with Crippen molar-refractivity contribution in [1.82, 2.24) is 10.6 Å². The van der Waals surface area contributed by atoms with Gasteiger partial charge in [0.2, 0.25) is 5.91 Å². The molecule has 0 saturated carbocycles. The second-order valence-electron chi connectivity index (χ2n) is 7.36. The first-order valence-corrected chi connectivity index (χ1v) is 9.80. The highest BCUT2D eigenvalue weighted by atomic mass is 16.5. The average Bonchev–Trinajstić information content (AvgIpc) is 2.72. The molecule has 1 aliphatic carbocycles. The van der Waals surface area contributed by atoms with Gasteiger partial charge in [-0.2, -0.15) is 0 Å². The van der Waals surface area contributed by atoms with Gasteiger partial charge >= 0.3 is 11.6 Å². The van der Waals surface area contributed by atoms with Gasteiger partial charge < -0.3 is 24.9 Å². The highest BCUT2D eigenvalue weighted by Gasteiger charge is 2.21. The third kappa shape index (κ3) is 4.79. The van der Waals surface area contributed by atoms with Crippen molar-refractivity contribution >= 4 is 28.8 Å². The summed E-state index contributed by atoms with van der Waals surface area (Å²) in [7, 11) is 0. The number of fused-ring (bicyclic) bond motifs is 3. The van der Waals surface area contributed by atoms with E-state index in [1.165, 1.54) is 13.8 Å². The van der Waals surface area contributed by atoms with Gasteiger partial charge in [-0.3, -0.25) is 14.4 Å². The molecular formula is C21H24N2O7. The summed E-state index contributed by atoms with van der Waals surface area (Å²) in [4.78, 5) is 46.9. The fraction of sp³-hybridized carbons (Fsp3) is 0.429. The van der Waals surface area contributed by atoms with Crippen molar-refractivity contribution in [2.24, 2.45) is 0 Å². The molecule has 1 heterocycles. The molecule has 1 aromatic heterocycles. The summed E-state index contributed by atoms with van der Waals surface area (Å²) in [5, 5.41) is 14.4. The smallest absolute Gasteiger partial charge is 0.339 e. The number of carbonyl (C=O) groups excluding carboxylic acids is 2. The number of amides is 2. The number of hydrogen-bond acceptors (Lipinski definition) is 6. The van der Waals surface area contributed by atoms with Crippen molar-refractivity contribution in [2.45, 2.75) is 51.6 Å². The van der Waals surface area contributed by atoms with Crippen LogP contribution in [0.5, 0.6) is 5.75 Å². The van der Waals surface area contributed by atoms with Crippen LogP contribution in [0.15, 0.2) is 27.4 Å². The first kappa shape index (κ1) is 21.4. The minimum atomic E-state index is -1.17. The fourth-order valence-electron chi connectivity index (χ4n) is 3.41. The molecule has 0 unspecified atom stereocenters. The summed E-state index contributed by atoms with van der Waals surface area (Å²) in [6.45, 7) is 2.41. The largest absolute Gasteiger partial charge is 0.484 e. The SMILES string of the molecule is C[C@H](NC(=O)COc1ccc2c3c(c(=O)oc2c1)CCCC3)C(=O)N[C@H](C)C(=O)O. The van der Waals surface area contributed by atoms with E-state index in [0.29, 0.717) is 11.3 Å². The average molecular weight is 416 g/mol. The third-order valence-electron chi connectivity index (χ3n) is 5.06. The molecule has 0 spiro atoms. The van der Waals surface area contributed by atoms with Crippen LogP contribution in [-0.2, 0) is 27.2 Å². The van der Waals surface area contributed by atoms with Gasteiger partial charge in [0.1, 0.15) is 23.4 Å². The molecule has 0 radical (unpaired) electrons. The molecule has 1 aromatic carbocycles. The maximum Gasteiger partial charge on any atom is 0.339 e. The van der Waals surface area contributed by atoms with Crippen molar-refractivity contribution in [1.29, 1.82) is 0 Å². The highest BCUT2D eigenvalue weighted by molar-refractivity contribution is 5.90. The number of carbonyl (C=O) groups is 3. The topological polar surface area (TPSA) is 135 Å². The number of benzene rings is 1. The first-order valence-electron chi connectivity index (χ1n) is 9.80. The lowest BCUT2D eigenvalue weighted by molar-refractivity contribution is -0.141. The van der Waals surface area contributed by atoms with Crippen LogP contribution < -0.4 is 21.0 Å². The summed E-state index contributed by atoms with van der Waals surface area (Å²) in [6, 6.07) is 3.10. The van der Waals surface area contributed by atoms with E-state index in [0.717, 1.165) is 42.2 Å². The predicted molar refractivity (Wildman–Crippen MR) is 107 cm³/mol. The molecule has 9 nitrogen and oxygen atoms in total. The van der Waals surface area contributed by atoms with E-state index < -0.39 is 29.9 Å². The van der Waals surface area contributed by atoms with Crippen molar-refractivity contribution in [3.8, 4) is 5.75 Å². The molecule has 2 amide bonds. The summed E-state index contributed by atoms with van der Waals surface area (Å²) in [5.41, 5.74) is 1.84. The Morgan fingerprint density at radius 1 is 1.10 bits per heavy atom. The van der Waals surface area contributed by atoms with Crippen LogP contribution >= 0.6 is 0 Å². The van der Waals surface area contributed by atoms with Gasteiger partial charge in [0.05, 0.1) is 0 Å².